The maximum atomic E-state index is 13.6. The van der Waals surface area contributed by atoms with Crippen molar-refractivity contribution >= 4 is 17.4 Å². The molecule has 1 aromatic rings. The number of nitrogens with zero attached hydrogens (tertiary/aromatic N) is 3. The fraction of sp³-hybridized carbons (Fsp3) is 0.556. The zero-order valence-corrected chi connectivity index (χ0v) is 8.63. The third-order valence-corrected chi connectivity index (χ3v) is 2.73. The van der Waals surface area contributed by atoms with Crippen LogP contribution in [0.3, 0.4) is 0 Å². The first-order chi connectivity index (χ1) is 6.68. The molecule has 2 rings (SSSR count). The molecule has 1 saturated heterocycles. The molecule has 0 amide bonds. The summed E-state index contributed by atoms with van der Waals surface area (Å²) in [6.45, 7) is 3.06. The second kappa shape index (κ2) is 3.69. The van der Waals surface area contributed by atoms with E-state index in [1.807, 2.05) is 4.90 Å². The Balaban J connectivity index is 2.28. The summed E-state index contributed by atoms with van der Waals surface area (Å²) in [7, 11) is 0. The van der Waals surface area contributed by atoms with Gasteiger partial charge in [0.05, 0.1) is 11.1 Å². The van der Waals surface area contributed by atoms with Crippen LogP contribution in [-0.4, -0.2) is 28.4 Å². The molecule has 5 heteroatoms. The molecule has 1 aliphatic heterocycles. The van der Waals surface area contributed by atoms with Crippen molar-refractivity contribution in [3.05, 3.63) is 17.8 Å². The van der Waals surface area contributed by atoms with Gasteiger partial charge in [-0.1, -0.05) is 0 Å². The molecule has 1 aromatic heterocycles. The van der Waals surface area contributed by atoms with Gasteiger partial charge in [0.1, 0.15) is 6.33 Å². The zero-order chi connectivity index (χ0) is 10.1. The molecule has 0 aliphatic carbocycles. The molecule has 3 nitrogen and oxygen atoms in total. The Bertz CT molecular complexity index is 345. The number of alkyl halides is 1. The van der Waals surface area contributed by atoms with E-state index in [-0.39, 0.29) is 11.2 Å². The summed E-state index contributed by atoms with van der Waals surface area (Å²) in [6, 6.07) is 0. The van der Waals surface area contributed by atoms with Gasteiger partial charge in [-0.05, 0) is 13.3 Å². The van der Waals surface area contributed by atoms with Crippen molar-refractivity contribution in [2.24, 2.45) is 0 Å². The van der Waals surface area contributed by atoms with E-state index >= 15 is 0 Å². The molecule has 76 valence electrons. The number of anilines is 1. The SMILES string of the molecule is Cc1ncnc(N2CCC(Cl)C2)c1F. The Kier molecular flexibility index (Phi) is 2.54. The Morgan fingerprint density at radius 1 is 1.57 bits per heavy atom. The van der Waals surface area contributed by atoms with E-state index in [2.05, 4.69) is 9.97 Å². The molecule has 0 radical (unpaired) electrons. The van der Waals surface area contributed by atoms with Crippen LogP contribution in [0.1, 0.15) is 12.1 Å². The van der Waals surface area contributed by atoms with Crippen LogP contribution in [0.15, 0.2) is 6.33 Å². The van der Waals surface area contributed by atoms with Crippen molar-refractivity contribution in [2.75, 3.05) is 18.0 Å². The summed E-state index contributed by atoms with van der Waals surface area (Å²) in [5.74, 6) is 0.0407. The minimum atomic E-state index is -0.335. The topological polar surface area (TPSA) is 29.0 Å². The number of aromatic nitrogens is 2. The number of aryl methyl sites for hydroxylation is 1. The van der Waals surface area contributed by atoms with Crippen molar-refractivity contribution in [2.45, 2.75) is 18.7 Å². The molecule has 0 bridgehead atoms. The van der Waals surface area contributed by atoms with E-state index in [9.17, 15) is 4.39 Å². The van der Waals surface area contributed by atoms with Crippen LogP contribution in [0.4, 0.5) is 10.2 Å². The van der Waals surface area contributed by atoms with Gasteiger partial charge in [-0.3, -0.25) is 0 Å². The van der Waals surface area contributed by atoms with Crippen molar-refractivity contribution < 1.29 is 4.39 Å². The average molecular weight is 216 g/mol. The lowest BCUT2D eigenvalue weighted by Crippen LogP contribution is -2.22. The molecule has 0 saturated carbocycles. The average Bonchev–Trinajstić information content (AvgIpc) is 2.57. The highest BCUT2D eigenvalue weighted by Gasteiger charge is 2.24. The van der Waals surface area contributed by atoms with Crippen LogP contribution in [0.25, 0.3) is 0 Å². The maximum Gasteiger partial charge on any atom is 0.186 e. The quantitative estimate of drug-likeness (QED) is 0.669. The minimum Gasteiger partial charge on any atom is -0.353 e. The predicted molar refractivity (Wildman–Crippen MR) is 53.2 cm³/mol. The van der Waals surface area contributed by atoms with Crippen molar-refractivity contribution in [3.63, 3.8) is 0 Å². The summed E-state index contributed by atoms with van der Waals surface area (Å²) < 4.78 is 13.6. The normalized spacial score (nSPS) is 21.6. The van der Waals surface area contributed by atoms with Gasteiger partial charge in [-0.2, -0.15) is 0 Å². The van der Waals surface area contributed by atoms with E-state index in [0.717, 1.165) is 13.0 Å². The molecule has 14 heavy (non-hydrogen) atoms. The van der Waals surface area contributed by atoms with Gasteiger partial charge in [-0.15, -0.1) is 11.6 Å². The lowest BCUT2D eigenvalue weighted by Gasteiger charge is -2.17. The molecule has 2 heterocycles. The highest BCUT2D eigenvalue weighted by molar-refractivity contribution is 6.21. The van der Waals surface area contributed by atoms with Crippen molar-refractivity contribution in [1.82, 2.24) is 9.97 Å². The molecular weight excluding hydrogens is 205 g/mol. The number of hydrogen-bond donors (Lipinski definition) is 0. The molecule has 1 atom stereocenters. The molecule has 1 aliphatic rings. The zero-order valence-electron chi connectivity index (χ0n) is 7.87. The standard InChI is InChI=1S/C9H11ClFN3/c1-6-8(11)9(13-5-12-6)14-3-2-7(10)4-14/h5,7H,2-4H2,1H3. The number of halogens is 2. The Hall–Kier alpha value is -0.900. The molecule has 1 fully saturated rings. The van der Waals surface area contributed by atoms with Crippen LogP contribution < -0.4 is 4.90 Å². The summed E-state index contributed by atoms with van der Waals surface area (Å²) in [5.41, 5.74) is 0.382. The van der Waals surface area contributed by atoms with Gasteiger partial charge in [0.2, 0.25) is 0 Å². The van der Waals surface area contributed by atoms with E-state index in [4.69, 9.17) is 11.6 Å². The van der Waals surface area contributed by atoms with Crippen LogP contribution in [0.2, 0.25) is 0 Å². The van der Waals surface area contributed by atoms with Crippen LogP contribution in [-0.2, 0) is 0 Å². The fourth-order valence-electron chi connectivity index (χ4n) is 1.58. The summed E-state index contributed by atoms with van der Waals surface area (Å²) in [5, 5.41) is 0.102. The Morgan fingerprint density at radius 2 is 2.36 bits per heavy atom. The molecule has 0 aromatic carbocycles. The third kappa shape index (κ3) is 1.66. The van der Waals surface area contributed by atoms with Crippen LogP contribution >= 0.6 is 11.6 Å². The fourth-order valence-corrected chi connectivity index (χ4v) is 1.84. The number of hydrogen-bond acceptors (Lipinski definition) is 3. The second-order valence-corrected chi connectivity index (χ2v) is 4.05. The third-order valence-electron chi connectivity index (χ3n) is 2.38. The van der Waals surface area contributed by atoms with E-state index in [1.165, 1.54) is 6.33 Å². The first kappa shape index (κ1) is 9.65. The summed E-state index contributed by atoms with van der Waals surface area (Å²) in [6.07, 6.45) is 2.26. The maximum absolute atomic E-state index is 13.6. The van der Waals surface area contributed by atoms with Gasteiger partial charge in [0.25, 0.3) is 0 Å². The van der Waals surface area contributed by atoms with E-state index < -0.39 is 0 Å². The highest BCUT2D eigenvalue weighted by Crippen LogP contribution is 2.23. The summed E-state index contributed by atoms with van der Waals surface area (Å²) >= 11 is 5.94. The van der Waals surface area contributed by atoms with Gasteiger partial charge in [0.15, 0.2) is 11.6 Å². The van der Waals surface area contributed by atoms with Crippen LogP contribution in [0, 0.1) is 12.7 Å². The highest BCUT2D eigenvalue weighted by atomic mass is 35.5. The van der Waals surface area contributed by atoms with Gasteiger partial charge < -0.3 is 4.90 Å². The first-order valence-electron chi connectivity index (χ1n) is 4.54. The molecule has 0 spiro atoms. The Morgan fingerprint density at radius 3 is 3.00 bits per heavy atom. The van der Waals surface area contributed by atoms with E-state index in [1.54, 1.807) is 6.92 Å². The smallest absolute Gasteiger partial charge is 0.186 e. The van der Waals surface area contributed by atoms with E-state index in [0.29, 0.717) is 18.1 Å². The molecular formula is C9H11ClFN3. The number of rotatable bonds is 1. The largest absolute Gasteiger partial charge is 0.353 e. The molecule has 0 N–H and O–H groups in total. The predicted octanol–water partition coefficient (Wildman–Crippen LogP) is 1.74. The minimum absolute atomic E-state index is 0.102. The first-order valence-corrected chi connectivity index (χ1v) is 4.98. The monoisotopic (exact) mass is 215 g/mol. The van der Waals surface area contributed by atoms with Gasteiger partial charge >= 0.3 is 0 Å². The lowest BCUT2D eigenvalue weighted by molar-refractivity contribution is 0.596. The van der Waals surface area contributed by atoms with Gasteiger partial charge in [0, 0.05) is 13.1 Å². The lowest BCUT2D eigenvalue weighted by atomic mass is 10.4. The molecule has 1 unspecified atom stereocenters. The van der Waals surface area contributed by atoms with Crippen molar-refractivity contribution in [1.29, 1.82) is 0 Å². The summed E-state index contributed by atoms with van der Waals surface area (Å²) in [4.78, 5) is 9.58. The Labute approximate surface area is 86.9 Å². The second-order valence-electron chi connectivity index (χ2n) is 3.43. The van der Waals surface area contributed by atoms with Crippen molar-refractivity contribution in [3.8, 4) is 0 Å². The van der Waals surface area contributed by atoms with Gasteiger partial charge in [-0.25, -0.2) is 14.4 Å². The van der Waals surface area contributed by atoms with Crippen LogP contribution in [0.5, 0.6) is 0 Å².